The second-order valence-electron chi connectivity index (χ2n) is 5.61. The predicted octanol–water partition coefficient (Wildman–Crippen LogP) is 2.92. The summed E-state index contributed by atoms with van der Waals surface area (Å²) >= 11 is 5.36. The van der Waals surface area contributed by atoms with E-state index in [-0.39, 0.29) is 6.04 Å². The number of halogens is 1. The molecule has 1 aliphatic rings. The Morgan fingerprint density at radius 1 is 1.11 bits per heavy atom. The van der Waals surface area contributed by atoms with Gasteiger partial charge in [0, 0.05) is 43.1 Å². The molecule has 2 rings (SSSR count). The molecule has 0 radical (unpaired) electrons. The van der Waals surface area contributed by atoms with Crippen molar-refractivity contribution < 1.29 is 0 Å². The Hall–Kier alpha value is 0.0600. The fourth-order valence-electron chi connectivity index (χ4n) is 2.79. The average Bonchev–Trinajstić information content (AvgIpc) is 2.76. The lowest BCUT2D eigenvalue weighted by Crippen LogP contribution is -2.52. The monoisotopic (exact) mass is 345 g/mol. The molecule has 1 fully saturated rings. The quantitative estimate of drug-likeness (QED) is 0.910. The topological polar surface area (TPSA) is 32.5 Å². The van der Waals surface area contributed by atoms with Crippen molar-refractivity contribution in [1.82, 2.24) is 9.80 Å². The van der Waals surface area contributed by atoms with E-state index in [2.05, 4.69) is 58.6 Å². The predicted molar refractivity (Wildman–Crippen MR) is 86.7 cm³/mol. The highest BCUT2D eigenvalue weighted by molar-refractivity contribution is 9.11. The molecule has 19 heavy (non-hydrogen) atoms. The first kappa shape index (κ1) is 15.4. The van der Waals surface area contributed by atoms with Crippen LogP contribution in [0, 0.1) is 0 Å². The van der Waals surface area contributed by atoms with Gasteiger partial charge in [0.2, 0.25) is 0 Å². The summed E-state index contributed by atoms with van der Waals surface area (Å²) in [6.45, 7) is 11.2. The van der Waals surface area contributed by atoms with Crippen molar-refractivity contribution in [2.75, 3.05) is 26.2 Å². The zero-order chi connectivity index (χ0) is 14.0. The van der Waals surface area contributed by atoms with Gasteiger partial charge < -0.3 is 5.73 Å². The Kier molecular flexibility index (Phi) is 5.43. The van der Waals surface area contributed by atoms with Gasteiger partial charge in [-0.1, -0.05) is 0 Å². The van der Waals surface area contributed by atoms with Crippen LogP contribution in [0.1, 0.15) is 31.7 Å². The van der Waals surface area contributed by atoms with Crippen LogP contribution in [-0.2, 0) is 0 Å². The summed E-state index contributed by atoms with van der Waals surface area (Å²) in [5.41, 5.74) is 6.24. The van der Waals surface area contributed by atoms with Crippen molar-refractivity contribution in [3.8, 4) is 0 Å². The van der Waals surface area contributed by atoms with Gasteiger partial charge in [0.1, 0.15) is 0 Å². The molecule has 0 aromatic carbocycles. The number of piperazine rings is 1. The van der Waals surface area contributed by atoms with Gasteiger partial charge >= 0.3 is 0 Å². The minimum absolute atomic E-state index is 0.163. The highest BCUT2D eigenvalue weighted by Gasteiger charge is 2.29. The zero-order valence-electron chi connectivity index (χ0n) is 12.0. The number of nitrogens with two attached hydrogens (primary N) is 1. The smallest absolute Gasteiger partial charge is 0.0702 e. The van der Waals surface area contributed by atoms with Gasteiger partial charge in [-0.25, -0.2) is 0 Å². The molecule has 1 aromatic rings. The molecule has 1 saturated heterocycles. The standard InChI is InChI=1S/C14H24BrN3S/c1-10(2)17-6-8-18(9-7-17)14(11(3)16)12-4-5-13(15)19-12/h4-5,10-11,14H,6-9,16H2,1-3H3. The molecular weight excluding hydrogens is 322 g/mol. The molecule has 0 bridgehead atoms. The van der Waals surface area contributed by atoms with E-state index in [0.717, 1.165) is 26.2 Å². The van der Waals surface area contributed by atoms with E-state index in [0.29, 0.717) is 12.1 Å². The van der Waals surface area contributed by atoms with Gasteiger partial charge in [-0.05, 0) is 48.8 Å². The van der Waals surface area contributed by atoms with Crippen molar-refractivity contribution in [3.63, 3.8) is 0 Å². The third kappa shape index (κ3) is 3.79. The van der Waals surface area contributed by atoms with Gasteiger partial charge in [-0.15, -0.1) is 11.3 Å². The molecule has 2 heterocycles. The van der Waals surface area contributed by atoms with Crippen LogP contribution in [0.3, 0.4) is 0 Å². The number of thiophene rings is 1. The SMILES string of the molecule is CC(N)C(c1ccc(Br)s1)N1CCN(C(C)C)CC1. The van der Waals surface area contributed by atoms with E-state index < -0.39 is 0 Å². The Balaban J connectivity index is 2.05. The minimum atomic E-state index is 0.163. The molecule has 2 N–H and O–H groups in total. The molecule has 0 saturated carbocycles. The van der Waals surface area contributed by atoms with Crippen LogP contribution in [0.4, 0.5) is 0 Å². The third-order valence-electron chi connectivity index (χ3n) is 3.86. The van der Waals surface area contributed by atoms with Gasteiger partial charge in [0.15, 0.2) is 0 Å². The maximum Gasteiger partial charge on any atom is 0.0702 e. The first-order valence-corrected chi connectivity index (χ1v) is 8.59. The van der Waals surface area contributed by atoms with E-state index in [1.165, 1.54) is 8.66 Å². The first-order valence-electron chi connectivity index (χ1n) is 6.98. The number of hydrogen-bond donors (Lipinski definition) is 1. The van der Waals surface area contributed by atoms with Gasteiger partial charge in [0.25, 0.3) is 0 Å². The fraction of sp³-hybridized carbons (Fsp3) is 0.714. The number of rotatable bonds is 4. The molecule has 2 unspecified atom stereocenters. The summed E-state index contributed by atoms with van der Waals surface area (Å²) in [4.78, 5) is 6.46. The summed E-state index contributed by atoms with van der Waals surface area (Å²) in [6, 6.07) is 5.49. The van der Waals surface area contributed by atoms with Crippen molar-refractivity contribution >= 4 is 27.3 Å². The lowest BCUT2D eigenvalue weighted by Gasteiger charge is -2.41. The lowest BCUT2D eigenvalue weighted by atomic mass is 10.1. The fourth-order valence-corrected chi connectivity index (χ4v) is 4.47. The highest BCUT2D eigenvalue weighted by Crippen LogP contribution is 2.33. The minimum Gasteiger partial charge on any atom is -0.326 e. The Morgan fingerprint density at radius 2 is 1.68 bits per heavy atom. The largest absolute Gasteiger partial charge is 0.326 e. The molecule has 0 aliphatic carbocycles. The molecule has 1 aliphatic heterocycles. The lowest BCUT2D eigenvalue weighted by molar-refractivity contribution is 0.0717. The van der Waals surface area contributed by atoms with Crippen molar-refractivity contribution in [1.29, 1.82) is 0 Å². The van der Waals surface area contributed by atoms with Crippen LogP contribution < -0.4 is 5.73 Å². The van der Waals surface area contributed by atoms with Crippen LogP contribution in [0.5, 0.6) is 0 Å². The maximum atomic E-state index is 6.24. The third-order valence-corrected chi connectivity index (χ3v) is 5.55. The second kappa shape index (κ2) is 6.68. The molecule has 108 valence electrons. The Morgan fingerprint density at radius 3 is 2.11 bits per heavy atom. The molecule has 1 aromatic heterocycles. The number of hydrogen-bond acceptors (Lipinski definition) is 4. The molecule has 5 heteroatoms. The van der Waals surface area contributed by atoms with Crippen LogP contribution in [0.15, 0.2) is 15.9 Å². The molecule has 2 atom stereocenters. The number of nitrogens with zero attached hydrogens (tertiary/aromatic N) is 2. The summed E-state index contributed by atoms with van der Waals surface area (Å²) in [5.74, 6) is 0. The van der Waals surface area contributed by atoms with E-state index in [4.69, 9.17) is 5.73 Å². The first-order chi connectivity index (χ1) is 8.99. The van der Waals surface area contributed by atoms with Crippen molar-refractivity contribution in [2.24, 2.45) is 5.73 Å². The second-order valence-corrected chi connectivity index (χ2v) is 8.11. The maximum absolute atomic E-state index is 6.24. The van der Waals surface area contributed by atoms with E-state index in [9.17, 15) is 0 Å². The highest BCUT2D eigenvalue weighted by atomic mass is 79.9. The molecular formula is C14H24BrN3S. The van der Waals surface area contributed by atoms with E-state index >= 15 is 0 Å². The van der Waals surface area contributed by atoms with Crippen LogP contribution in [0.25, 0.3) is 0 Å². The average molecular weight is 346 g/mol. The summed E-state index contributed by atoms with van der Waals surface area (Å²) in [5, 5.41) is 0. The van der Waals surface area contributed by atoms with Crippen LogP contribution >= 0.6 is 27.3 Å². The molecule has 3 nitrogen and oxygen atoms in total. The van der Waals surface area contributed by atoms with E-state index in [1.807, 2.05) is 0 Å². The summed E-state index contributed by atoms with van der Waals surface area (Å²) in [6.07, 6.45) is 0. The van der Waals surface area contributed by atoms with Crippen LogP contribution in [-0.4, -0.2) is 48.1 Å². The molecule has 0 amide bonds. The van der Waals surface area contributed by atoms with Gasteiger partial charge in [0.05, 0.1) is 9.83 Å². The summed E-state index contributed by atoms with van der Waals surface area (Å²) < 4.78 is 1.19. The Bertz CT molecular complexity index is 397. The zero-order valence-corrected chi connectivity index (χ0v) is 14.4. The van der Waals surface area contributed by atoms with Gasteiger partial charge in [-0.3, -0.25) is 9.80 Å². The Labute approximate surface area is 128 Å². The van der Waals surface area contributed by atoms with Crippen LogP contribution in [0.2, 0.25) is 0 Å². The van der Waals surface area contributed by atoms with E-state index in [1.54, 1.807) is 11.3 Å². The van der Waals surface area contributed by atoms with Crippen molar-refractivity contribution in [3.05, 3.63) is 20.8 Å². The molecule has 0 spiro atoms. The summed E-state index contributed by atoms with van der Waals surface area (Å²) in [7, 11) is 0. The normalized spacial score (nSPS) is 21.8. The van der Waals surface area contributed by atoms with Gasteiger partial charge in [-0.2, -0.15) is 0 Å². The van der Waals surface area contributed by atoms with Crippen molar-refractivity contribution in [2.45, 2.75) is 38.9 Å².